The highest BCUT2D eigenvalue weighted by atomic mass is 16.5. The van der Waals surface area contributed by atoms with E-state index in [2.05, 4.69) is 10.2 Å². The lowest BCUT2D eigenvalue weighted by Gasteiger charge is -2.20. The molecule has 0 unspecified atom stereocenters. The van der Waals surface area contributed by atoms with Crippen molar-refractivity contribution in [1.29, 1.82) is 0 Å². The summed E-state index contributed by atoms with van der Waals surface area (Å²) in [5.74, 6) is 1.96. The molecule has 1 heterocycles. The fourth-order valence-electron chi connectivity index (χ4n) is 1.94. The van der Waals surface area contributed by atoms with Crippen molar-refractivity contribution in [2.45, 2.75) is 26.9 Å². The zero-order valence-electron chi connectivity index (χ0n) is 13.0. The van der Waals surface area contributed by atoms with Crippen LogP contribution in [0, 0.1) is 0 Å². The van der Waals surface area contributed by atoms with E-state index in [1.54, 1.807) is 0 Å². The number of nitrogens with one attached hydrogen (secondary N) is 1. The molecule has 0 saturated carbocycles. The third-order valence-electron chi connectivity index (χ3n) is 2.96. The normalized spacial score (nSPS) is 11.4. The predicted octanol–water partition coefficient (Wildman–Crippen LogP) is 1.87. The van der Waals surface area contributed by atoms with E-state index in [1.807, 2.05) is 33.0 Å². The Morgan fingerprint density at radius 2 is 1.65 bits per heavy atom. The average molecular weight is 284 g/mol. The Labute approximate surface area is 122 Å². The summed E-state index contributed by atoms with van der Waals surface area (Å²) in [6, 6.07) is 4.07. The number of hydrogen-bond acceptors (Lipinski definition) is 5. The Morgan fingerprint density at radius 1 is 1.05 bits per heavy atom. The van der Waals surface area contributed by atoms with Crippen LogP contribution < -0.4 is 5.32 Å². The number of nitrogens with zero attached hydrogens (tertiary/aromatic N) is 1. The standard InChI is InChI=1S/C15H28N2O3/c1-4-18-10-8-17(9-11-19-5-2)13-15-7-6-14(20-15)12-16-3/h6-7,16H,4-5,8-13H2,1-3H3. The summed E-state index contributed by atoms with van der Waals surface area (Å²) in [6.45, 7) is 10.4. The lowest BCUT2D eigenvalue weighted by Crippen LogP contribution is -2.30. The van der Waals surface area contributed by atoms with Crippen LogP contribution in [0.3, 0.4) is 0 Å². The number of ether oxygens (including phenoxy) is 2. The van der Waals surface area contributed by atoms with Gasteiger partial charge in [-0.25, -0.2) is 0 Å². The molecular formula is C15H28N2O3. The van der Waals surface area contributed by atoms with Gasteiger partial charge in [0.05, 0.1) is 26.3 Å². The molecule has 0 aliphatic rings. The van der Waals surface area contributed by atoms with Gasteiger partial charge in [0.25, 0.3) is 0 Å². The fourth-order valence-corrected chi connectivity index (χ4v) is 1.94. The second kappa shape index (κ2) is 10.9. The number of hydrogen-bond donors (Lipinski definition) is 1. The minimum absolute atomic E-state index is 0.743. The van der Waals surface area contributed by atoms with Crippen molar-refractivity contribution in [3.8, 4) is 0 Å². The van der Waals surface area contributed by atoms with Crippen molar-refractivity contribution in [1.82, 2.24) is 10.2 Å². The van der Waals surface area contributed by atoms with Crippen LogP contribution in [0.2, 0.25) is 0 Å². The third-order valence-corrected chi connectivity index (χ3v) is 2.96. The highest BCUT2D eigenvalue weighted by molar-refractivity contribution is 5.07. The van der Waals surface area contributed by atoms with E-state index in [0.717, 1.165) is 64.1 Å². The van der Waals surface area contributed by atoms with Gasteiger partial charge in [-0.05, 0) is 33.0 Å². The van der Waals surface area contributed by atoms with Gasteiger partial charge in [-0.15, -0.1) is 0 Å². The van der Waals surface area contributed by atoms with E-state index in [0.29, 0.717) is 0 Å². The van der Waals surface area contributed by atoms with E-state index in [9.17, 15) is 0 Å². The summed E-state index contributed by atoms with van der Waals surface area (Å²) < 4.78 is 16.6. The quantitative estimate of drug-likeness (QED) is 0.594. The molecule has 0 aromatic carbocycles. The summed E-state index contributed by atoms with van der Waals surface area (Å²) in [7, 11) is 1.92. The smallest absolute Gasteiger partial charge is 0.118 e. The zero-order chi connectivity index (χ0) is 14.6. The first-order chi connectivity index (χ1) is 9.80. The van der Waals surface area contributed by atoms with E-state index in [-0.39, 0.29) is 0 Å². The molecule has 1 rings (SSSR count). The van der Waals surface area contributed by atoms with Crippen LogP contribution in [0.5, 0.6) is 0 Å². The lowest BCUT2D eigenvalue weighted by molar-refractivity contribution is 0.0767. The van der Waals surface area contributed by atoms with Crippen LogP contribution in [0.1, 0.15) is 25.4 Å². The van der Waals surface area contributed by atoms with Gasteiger partial charge in [0, 0.05) is 26.3 Å². The van der Waals surface area contributed by atoms with Gasteiger partial charge in [0.15, 0.2) is 0 Å². The second-order valence-electron chi connectivity index (χ2n) is 4.57. The molecule has 0 radical (unpaired) electrons. The molecule has 0 spiro atoms. The van der Waals surface area contributed by atoms with Crippen LogP contribution in [0.25, 0.3) is 0 Å². The van der Waals surface area contributed by atoms with Crippen LogP contribution in [-0.4, -0.2) is 51.5 Å². The van der Waals surface area contributed by atoms with E-state index >= 15 is 0 Å². The maximum absolute atomic E-state index is 5.78. The van der Waals surface area contributed by atoms with Gasteiger partial charge in [0.2, 0.25) is 0 Å². The van der Waals surface area contributed by atoms with Gasteiger partial charge >= 0.3 is 0 Å². The largest absolute Gasteiger partial charge is 0.463 e. The molecule has 1 aromatic heterocycles. The first-order valence-electron chi connectivity index (χ1n) is 7.40. The minimum Gasteiger partial charge on any atom is -0.463 e. The summed E-state index contributed by atoms with van der Waals surface area (Å²) in [6.07, 6.45) is 0. The third kappa shape index (κ3) is 7.05. The first kappa shape index (κ1) is 17.2. The van der Waals surface area contributed by atoms with Crippen molar-refractivity contribution in [3.05, 3.63) is 23.7 Å². The van der Waals surface area contributed by atoms with Crippen LogP contribution >= 0.6 is 0 Å². The molecule has 5 heteroatoms. The molecule has 0 aliphatic carbocycles. The summed E-state index contributed by atoms with van der Waals surface area (Å²) in [5, 5.41) is 3.09. The van der Waals surface area contributed by atoms with Crippen LogP contribution in [-0.2, 0) is 22.6 Å². The second-order valence-corrected chi connectivity index (χ2v) is 4.57. The van der Waals surface area contributed by atoms with Crippen LogP contribution in [0.4, 0.5) is 0 Å². The Morgan fingerprint density at radius 3 is 2.20 bits per heavy atom. The Balaban J connectivity index is 2.43. The van der Waals surface area contributed by atoms with Gasteiger partial charge in [-0.1, -0.05) is 0 Å². The molecule has 5 nitrogen and oxygen atoms in total. The van der Waals surface area contributed by atoms with E-state index < -0.39 is 0 Å². The van der Waals surface area contributed by atoms with Gasteiger partial charge in [-0.3, -0.25) is 4.90 Å². The molecule has 20 heavy (non-hydrogen) atoms. The SMILES string of the molecule is CCOCCN(CCOCC)Cc1ccc(CNC)o1. The summed E-state index contributed by atoms with van der Waals surface area (Å²) >= 11 is 0. The molecule has 0 fully saturated rings. The Hall–Kier alpha value is -0.880. The summed E-state index contributed by atoms with van der Waals surface area (Å²) in [4.78, 5) is 2.30. The monoisotopic (exact) mass is 284 g/mol. The molecule has 1 N–H and O–H groups in total. The zero-order valence-corrected chi connectivity index (χ0v) is 13.0. The van der Waals surface area contributed by atoms with Crippen molar-refractivity contribution in [2.24, 2.45) is 0 Å². The van der Waals surface area contributed by atoms with Gasteiger partial charge < -0.3 is 19.2 Å². The molecule has 0 bridgehead atoms. The Kier molecular flexibility index (Phi) is 9.32. The molecule has 0 aliphatic heterocycles. The molecule has 1 aromatic rings. The highest BCUT2D eigenvalue weighted by Gasteiger charge is 2.09. The molecule has 116 valence electrons. The van der Waals surface area contributed by atoms with Crippen molar-refractivity contribution in [3.63, 3.8) is 0 Å². The Bertz CT molecular complexity index is 332. The fraction of sp³-hybridized carbons (Fsp3) is 0.733. The van der Waals surface area contributed by atoms with Gasteiger partial charge in [0.1, 0.15) is 11.5 Å². The maximum Gasteiger partial charge on any atom is 0.118 e. The molecule has 0 atom stereocenters. The predicted molar refractivity (Wildman–Crippen MR) is 79.7 cm³/mol. The number of furan rings is 1. The van der Waals surface area contributed by atoms with Gasteiger partial charge in [-0.2, -0.15) is 0 Å². The maximum atomic E-state index is 5.78. The lowest BCUT2D eigenvalue weighted by atomic mass is 10.3. The first-order valence-corrected chi connectivity index (χ1v) is 7.40. The topological polar surface area (TPSA) is 46.9 Å². The molecular weight excluding hydrogens is 256 g/mol. The van der Waals surface area contributed by atoms with E-state index in [4.69, 9.17) is 13.9 Å². The number of rotatable bonds is 12. The van der Waals surface area contributed by atoms with Crippen LogP contribution in [0.15, 0.2) is 16.5 Å². The average Bonchev–Trinajstić information content (AvgIpc) is 2.87. The summed E-state index contributed by atoms with van der Waals surface area (Å²) in [5.41, 5.74) is 0. The van der Waals surface area contributed by atoms with Crippen molar-refractivity contribution < 1.29 is 13.9 Å². The molecule has 0 saturated heterocycles. The minimum atomic E-state index is 0.743. The molecule has 0 amide bonds. The van der Waals surface area contributed by atoms with Crippen molar-refractivity contribution >= 4 is 0 Å². The highest BCUT2D eigenvalue weighted by Crippen LogP contribution is 2.10. The van der Waals surface area contributed by atoms with Crippen molar-refractivity contribution in [2.75, 3.05) is 46.6 Å². The van der Waals surface area contributed by atoms with E-state index in [1.165, 1.54) is 0 Å².